The summed E-state index contributed by atoms with van der Waals surface area (Å²) in [7, 11) is -3.54. The molecule has 0 aliphatic carbocycles. The summed E-state index contributed by atoms with van der Waals surface area (Å²) in [6.07, 6.45) is 0.992. The van der Waals surface area contributed by atoms with Crippen molar-refractivity contribution in [1.82, 2.24) is 10.2 Å². The zero-order valence-corrected chi connectivity index (χ0v) is 15.6. The number of esters is 1. The van der Waals surface area contributed by atoms with Crippen LogP contribution < -0.4 is 4.72 Å². The van der Waals surface area contributed by atoms with E-state index in [9.17, 15) is 13.2 Å². The Morgan fingerprint density at radius 1 is 1.15 bits per heavy atom. The Balaban J connectivity index is 1.69. The number of anilines is 1. The van der Waals surface area contributed by atoms with Crippen LogP contribution in [-0.2, 0) is 21.4 Å². The lowest BCUT2D eigenvalue weighted by Gasteiger charge is -2.09. The molecule has 140 valence electrons. The number of carbonyl (C=O) groups excluding carboxylic acids is 1. The monoisotopic (exact) mass is 407 g/mol. The summed E-state index contributed by atoms with van der Waals surface area (Å²) < 4.78 is 35.7. The van der Waals surface area contributed by atoms with Crippen molar-refractivity contribution in [2.24, 2.45) is 0 Å². The molecule has 2 aromatic carbocycles. The Morgan fingerprint density at radius 2 is 1.85 bits per heavy atom. The van der Waals surface area contributed by atoms with E-state index in [2.05, 4.69) is 14.9 Å². The Morgan fingerprint density at radius 3 is 2.56 bits per heavy atom. The fourth-order valence-electron chi connectivity index (χ4n) is 2.18. The summed E-state index contributed by atoms with van der Waals surface area (Å²) in [6.45, 7) is -0.257. The second kappa shape index (κ2) is 7.77. The van der Waals surface area contributed by atoms with Crippen LogP contribution in [0.4, 0.5) is 5.69 Å². The van der Waals surface area contributed by atoms with Crippen molar-refractivity contribution in [2.75, 3.05) is 11.0 Å². The first-order valence-corrected chi connectivity index (χ1v) is 9.91. The lowest BCUT2D eigenvalue weighted by atomic mass is 10.2. The Hall–Kier alpha value is -2.91. The summed E-state index contributed by atoms with van der Waals surface area (Å²) in [5, 5.41) is 8.29. The quantitative estimate of drug-likeness (QED) is 0.624. The van der Waals surface area contributed by atoms with Crippen LogP contribution in [0.2, 0.25) is 5.02 Å². The van der Waals surface area contributed by atoms with Gasteiger partial charge in [-0.25, -0.2) is 13.2 Å². The second-order valence-electron chi connectivity index (χ2n) is 5.50. The number of sulfonamides is 1. The van der Waals surface area contributed by atoms with Gasteiger partial charge in [0.05, 0.1) is 17.5 Å². The van der Waals surface area contributed by atoms with E-state index in [0.717, 1.165) is 6.26 Å². The van der Waals surface area contributed by atoms with E-state index in [1.807, 2.05) is 0 Å². The molecule has 27 heavy (non-hydrogen) atoms. The molecule has 3 aromatic rings. The number of carbonyl (C=O) groups is 1. The van der Waals surface area contributed by atoms with Crippen LogP contribution in [0.15, 0.2) is 52.9 Å². The van der Waals surface area contributed by atoms with Gasteiger partial charge in [-0.15, -0.1) is 10.2 Å². The van der Waals surface area contributed by atoms with E-state index in [4.69, 9.17) is 20.8 Å². The number of halogens is 1. The highest BCUT2D eigenvalue weighted by Crippen LogP contribution is 2.21. The first kappa shape index (κ1) is 18.9. The minimum atomic E-state index is -3.54. The SMILES string of the molecule is CS(=O)(=O)Nc1ccccc1C(=O)OCc1nnc(-c2ccc(Cl)cc2)o1. The topological polar surface area (TPSA) is 111 Å². The fourth-order valence-corrected chi connectivity index (χ4v) is 2.88. The van der Waals surface area contributed by atoms with Crippen molar-refractivity contribution in [1.29, 1.82) is 0 Å². The summed E-state index contributed by atoms with van der Waals surface area (Å²) >= 11 is 5.83. The van der Waals surface area contributed by atoms with E-state index in [-0.39, 0.29) is 29.6 Å². The molecule has 8 nitrogen and oxygen atoms in total. The Bertz CT molecular complexity index is 1060. The molecule has 10 heteroatoms. The number of nitrogens with one attached hydrogen (secondary N) is 1. The van der Waals surface area contributed by atoms with E-state index >= 15 is 0 Å². The maximum Gasteiger partial charge on any atom is 0.340 e. The van der Waals surface area contributed by atoms with Crippen LogP contribution >= 0.6 is 11.6 Å². The van der Waals surface area contributed by atoms with Gasteiger partial charge in [0.15, 0.2) is 6.61 Å². The number of aromatic nitrogens is 2. The molecule has 0 fully saturated rings. The van der Waals surface area contributed by atoms with Crippen LogP contribution in [0.25, 0.3) is 11.5 Å². The third-order valence-electron chi connectivity index (χ3n) is 3.33. The predicted molar refractivity (Wildman–Crippen MR) is 98.8 cm³/mol. The number of rotatable bonds is 6. The molecule has 0 aliphatic rings. The lowest BCUT2D eigenvalue weighted by Crippen LogP contribution is -2.14. The van der Waals surface area contributed by atoms with Crippen LogP contribution in [0.1, 0.15) is 16.2 Å². The van der Waals surface area contributed by atoms with E-state index < -0.39 is 16.0 Å². The van der Waals surface area contributed by atoms with Crippen LogP contribution in [0.5, 0.6) is 0 Å². The van der Waals surface area contributed by atoms with Gasteiger partial charge in [0.2, 0.25) is 15.9 Å². The smallest absolute Gasteiger partial charge is 0.340 e. The normalized spacial score (nSPS) is 11.2. The fraction of sp³-hybridized carbons (Fsp3) is 0.118. The van der Waals surface area contributed by atoms with Gasteiger partial charge < -0.3 is 9.15 Å². The van der Waals surface area contributed by atoms with Gasteiger partial charge in [0.25, 0.3) is 5.89 Å². The summed E-state index contributed by atoms with van der Waals surface area (Å²) in [5.74, 6) is -0.369. The largest absolute Gasteiger partial charge is 0.452 e. The van der Waals surface area contributed by atoms with Gasteiger partial charge in [-0.05, 0) is 36.4 Å². The third-order valence-corrected chi connectivity index (χ3v) is 4.17. The molecule has 0 saturated heterocycles. The minimum absolute atomic E-state index is 0.0698. The maximum atomic E-state index is 12.3. The molecule has 0 radical (unpaired) electrons. The summed E-state index contributed by atoms with van der Waals surface area (Å²) in [4.78, 5) is 12.3. The molecule has 1 heterocycles. The molecule has 0 unspecified atom stereocenters. The Kier molecular flexibility index (Phi) is 5.43. The van der Waals surface area contributed by atoms with E-state index in [1.165, 1.54) is 12.1 Å². The molecule has 0 spiro atoms. The first-order valence-electron chi connectivity index (χ1n) is 7.64. The molecule has 1 N–H and O–H groups in total. The predicted octanol–water partition coefficient (Wildman–Crippen LogP) is 3.12. The highest BCUT2D eigenvalue weighted by Gasteiger charge is 2.17. The number of nitrogens with zero attached hydrogens (tertiary/aromatic N) is 2. The van der Waals surface area contributed by atoms with Crippen LogP contribution in [0.3, 0.4) is 0 Å². The standard InChI is InChI=1S/C17H14ClN3O5S/c1-27(23,24)21-14-5-3-2-4-13(14)17(22)25-10-15-19-20-16(26-15)11-6-8-12(18)9-7-11/h2-9,21H,10H2,1H3. The molecule has 1 aromatic heterocycles. The highest BCUT2D eigenvalue weighted by atomic mass is 35.5. The zero-order valence-electron chi connectivity index (χ0n) is 14.0. The number of para-hydroxylation sites is 1. The first-order chi connectivity index (χ1) is 12.8. The van der Waals surface area contributed by atoms with Crippen molar-refractivity contribution in [3.63, 3.8) is 0 Å². The molecule has 3 rings (SSSR count). The summed E-state index contributed by atoms with van der Waals surface area (Å²) in [6, 6.07) is 12.9. The highest BCUT2D eigenvalue weighted by molar-refractivity contribution is 7.92. The van der Waals surface area contributed by atoms with Crippen LogP contribution in [0, 0.1) is 0 Å². The number of benzene rings is 2. The average molecular weight is 408 g/mol. The number of ether oxygens (including phenoxy) is 1. The molecular weight excluding hydrogens is 394 g/mol. The average Bonchev–Trinajstić information content (AvgIpc) is 3.08. The second-order valence-corrected chi connectivity index (χ2v) is 7.69. The third kappa shape index (κ3) is 5.05. The molecule has 0 bridgehead atoms. The zero-order chi connectivity index (χ0) is 19.4. The van der Waals surface area contributed by atoms with E-state index in [0.29, 0.717) is 10.6 Å². The van der Waals surface area contributed by atoms with Crippen molar-refractivity contribution in [3.8, 4) is 11.5 Å². The van der Waals surface area contributed by atoms with Gasteiger partial charge >= 0.3 is 5.97 Å². The van der Waals surface area contributed by atoms with Gasteiger partial charge in [-0.3, -0.25) is 4.72 Å². The Labute approximate surface area is 160 Å². The molecule has 0 atom stereocenters. The molecular formula is C17H14ClN3O5S. The van der Waals surface area contributed by atoms with Crippen LogP contribution in [-0.4, -0.2) is 30.8 Å². The molecule has 0 amide bonds. The van der Waals surface area contributed by atoms with Crippen molar-refractivity contribution < 1.29 is 22.4 Å². The number of hydrogen-bond acceptors (Lipinski definition) is 7. The molecule has 0 aliphatic heterocycles. The van der Waals surface area contributed by atoms with Crippen molar-refractivity contribution >= 4 is 33.3 Å². The number of hydrogen-bond donors (Lipinski definition) is 1. The van der Waals surface area contributed by atoms with Gasteiger partial charge in [0, 0.05) is 10.6 Å². The minimum Gasteiger partial charge on any atom is -0.452 e. The van der Waals surface area contributed by atoms with Gasteiger partial charge in [0.1, 0.15) is 0 Å². The maximum absolute atomic E-state index is 12.3. The lowest BCUT2D eigenvalue weighted by molar-refractivity contribution is 0.0440. The van der Waals surface area contributed by atoms with Crippen molar-refractivity contribution in [2.45, 2.75) is 6.61 Å². The molecule has 0 saturated carbocycles. The van der Waals surface area contributed by atoms with E-state index in [1.54, 1.807) is 36.4 Å². The summed E-state index contributed by atoms with van der Waals surface area (Å²) in [5.41, 5.74) is 0.866. The van der Waals surface area contributed by atoms with Gasteiger partial charge in [-0.1, -0.05) is 23.7 Å². The van der Waals surface area contributed by atoms with Gasteiger partial charge in [-0.2, -0.15) is 0 Å². The van der Waals surface area contributed by atoms with Crippen molar-refractivity contribution in [3.05, 3.63) is 65.0 Å².